The second kappa shape index (κ2) is 18.2. The van der Waals surface area contributed by atoms with E-state index in [0.29, 0.717) is 0 Å². The molecule has 0 amide bonds. The van der Waals surface area contributed by atoms with Gasteiger partial charge in [-0.15, -0.1) is 0 Å². The first-order valence-corrected chi connectivity index (χ1v) is 11.2. The van der Waals surface area contributed by atoms with Crippen LogP contribution < -0.4 is 0 Å². The predicted octanol–water partition coefficient (Wildman–Crippen LogP) is 4.39. The van der Waals surface area contributed by atoms with E-state index in [1.165, 1.54) is 22.9 Å². The van der Waals surface area contributed by atoms with Crippen molar-refractivity contribution in [3.05, 3.63) is 92.5 Å². The summed E-state index contributed by atoms with van der Waals surface area (Å²) in [5.41, 5.74) is 2.74. The first-order valence-electron chi connectivity index (χ1n) is 7.73. The van der Waals surface area contributed by atoms with Gasteiger partial charge in [-0.2, -0.15) is 0 Å². The third kappa shape index (κ3) is 12.8. The minimum absolute atomic E-state index is 0. The maximum atomic E-state index is 7.50. The molecule has 0 saturated heterocycles. The van der Waals surface area contributed by atoms with Crippen LogP contribution in [0.1, 0.15) is 12.5 Å². The van der Waals surface area contributed by atoms with Crippen LogP contribution >= 0.6 is 0 Å². The molecule has 0 N–H and O–H groups in total. The molecule has 0 bridgehead atoms. The van der Waals surface area contributed by atoms with Gasteiger partial charge in [-0.05, 0) is 36.3 Å². The largest absolute Gasteiger partial charge is 0 e. The van der Waals surface area contributed by atoms with Gasteiger partial charge in [0.15, 0.2) is 0 Å². The SMILES string of the molecule is C[C]1[CH][CH][C]([Si](C)(C)C)[C](C=NCc2ccccc2)[CH]1.[C-]#[O+].[C-]#[O+].[C-]#[O+].[Cr]. The molecular formula is C21H23CrNO3Si. The third-order valence-electron chi connectivity index (χ3n) is 3.36. The molecule has 6 radical (unpaired) electrons. The van der Waals surface area contributed by atoms with Crippen LogP contribution in [0, 0.1) is 56.6 Å². The number of hydrogen-bond acceptors (Lipinski definition) is 1. The molecule has 0 heterocycles. The Hall–Kier alpha value is -1.14. The van der Waals surface area contributed by atoms with Crippen LogP contribution in [0.2, 0.25) is 19.6 Å². The molecule has 6 heteroatoms. The van der Waals surface area contributed by atoms with Crippen molar-refractivity contribution in [3.63, 3.8) is 0 Å². The quantitative estimate of drug-likeness (QED) is 0.302. The molecule has 1 aromatic carbocycles. The van der Waals surface area contributed by atoms with Gasteiger partial charge in [0, 0.05) is 29.5 Å². The third-order valence-corrected chi connectivity index (χ3v) is 5.43. The van der Waals surface area contributed by atoms with Gasteiger partial charge in [0.25, 0.3) is 0 Å². The Morgan fingerprint density at radius 2 is 1.44 bits per heavy atom. The summed E-state index contributed by atoms with van der Waals surface area (Å²) in [6.45, 7) is 23.5. The smallest absolute Gasteiger partial charge is 0 e. The van der Waals surface area contributed by atoms with Crippen LogP contribution in [0.4, 0.5) is 0 Å². The van der Waals surface area contributed by atoms with Crippen molar-refractivity contribution in [3.8, 4) is 0 Å². The molecule has 0 aliphatic heterocycles. The molecule has 140 valence electrons. The van der Waals surface area contributed by atoms with Crippen LogP contribution in [-0.2, 0) is 37.9 Å². The van der Waals surface area contributed by atoms with Gasteiger partial charge in [-0.25, -0.2) is 0 Å². The minimum Gasteiger partial charge on any atom is 0 e. The fraction of sp³-hybridized carbons (Fsp3) is 0.238. The van der Waals surface area contributed by atoms with Gasteiger partial charge in [0.2, 0.25) is 0 Å². The summed E-state index contributed by atoms with van der Waals surface area (Å²) in [5, 5.41) is 0. The molecule has 27 heavy (non-hydrogen) atoms. The van der Waals surface area contributed by atoms with E-state index >= 15 is 0 Å². The van der Waals surface area contributed by atoms with Gasteiger partial charge in [-0.1, -0.05) is 56.9 Å². The first kappa shape index (κ1) is 30.6. The molecule has 1 aromatic rings. The van der Waals surface area contributed by atoms with E-state index in [0.717, 1.165) is 6.54 Å². The summed E-state index contributed by atoms with van der Waals surface area (Å²) < 4.78 is 22.5. The van der Waals surface area contributed by atoms with Crippen molar-refractivity contribution in [2.75, 3.05) is 0 Å². The monoisotopic (exact) mass is 417 g/mol. The number of nitrogens with zero attached hydrogens (tertiary/aromatic N) is 1. The topological polar surface area (TPSA) is 72.1 Å². The summed E-state index contributed by atoms with van der Waals surface area (Å²) >= 11 is 0. The zero-order chi connectivity index (χ0) is 20.6. The zero-order valence-corrected chi connectivity index (χ0v) is 18.3. The van der Waals surface area contributed by atoms with Crippen LogP contribution in [0.5, 0.6) is 0 Å². The van der Waals surface area contributed by atoms with E-state index in [-0.39, 0.29) is 17.4 Å². The van der Waals surface area contributed by atoms with E-state index in [1.54, 1.807) is 0 Å². The molecule has 4 nitrogen and oxygen atoms in total. The molecule has 0 atom stereocenters. The Labute approximate surface area is 176 Å². The fourth-order valence-corrected chi connectivity index (χ4v) is 3.89. The Kier molecular flexibility index (Phi) is 20.7. The molecule has 1 fully saturated rings. The Morgan fingerprint density at radius 3 is 1.93 bits per heavy atom. The normalized spacial score (nSPS) is 14.9. The molecule has 1 aliphatic rings. The van der Waals surface area contributed by atoms with Gasteiger partial charge >= 0.3 is 33.9 Å². The van der Waals surface area contributed by atoms with E-state index in [1.807, 2.05) is 12.3 Å². The summed E-state index contributed by atoms with van der Waals surface area (Å²) in [6.07, 6.45) is 8.79. The van der Waals surface area contributed by atoms with Gasteiger partial charge < -0.3 is 0 Å². The second-order valence-corrected chi connectivity index (χ2v) is 11.3. The van der Waals surface area contributed by atoms with Crippen LogP contribution in [0.3, 0.4) is 0 Å². The minimum atomic E-state index is -1.32. The van der Waals surface area contributed by atoms with Crippen molar-refractivity contribution in [1.82, 2.24) is 0 Å². The average molecular weight is 418 g/mol. The Bertz CT molecular complexity index is 550. The van der Waals surface area contributed by atoms with Crippen molar-refractivity contribution in [2.45, 2.75) is 33.1 Å². The molecule has 2 rings (SSSR count). The molecule has 1 aliphatic carbocycles. The van der Waals surface area contributed by atoms with E-state index in [2.05, 4.69) is 95.0 Å². The maximum Gasteiger partial charge on any atom is 0 e. The van der Waals surface area contributed by atoms with E-state index in [9.17, 15) is 0 Å². The standard InChI is InChI=1S/C18H23NSi.3CO.Cr/c1-15-10-11-18(20(2,3)4)17(12-15)14-19-13-16-8-6-5-7-9-16;3*1-2;/h5-12,14H,13H2,1-4H3;;;;. The van der Waals surface area contributed by atoms with Gasteiger partial charge in [0.05, 0.1) is 14.6 Å². The van der Waals surface area contributed by atoms with Gasteiger partial charge in [-0.3, -0.25) is 4.99 Å². The second-order valence-electron chi connectivity index (χ2n) is 6.30. The number of aliphatic imine (C=N–C) groups is 1. The van der Waals surface area contributed by atoms with Crippen LogP contribution in [0.25, 0.3) is 0 Å². The molecular weight excluding hydrogens is 394 g/mol. The van der Waals surface area contributed by atoms with Crippen LogP contribution in [0.15, 0.2) is 35.3 Å². The summed E-state index contributed by atoms with van der Waals surface area (Å²) in [6, 6.07) is 10.4. The Balaban J connectivity index is -0.000000749. The van der Waals surface area contributed by atoms with E-state index in [4.69, 9.17) is 14.0 Å². The molecule has 0 unspecified atom stereocenters. The zero-order valence-electron chi connectivity index (χ0n) is 16.0. The van der Waals surface area contributed by atoms with Crippen molar-refractivity contribution in [1.29, 1.82) is 0 Å². The maximum absolute atomic E-state index is 7.50. The Morgan fingerprint density at radius 1 is 0.926 bits per heavy atom. The summed E-state index contributed by atoms with van der Waals surface area (Å²) in [5.74, 6) is 2.59. The van der Waals surface area contributed by atoms with E-state index < -0.39 is 8.07 Å². The van der Waals surface area contributed by atoms with Crippen molar-refractivity contribution in [2.24, 2.45) is 4.99 Å². The molecule has 1 saturated carbocycles. The average Bonchev–Trinajstić information content (AvgIpc) is 2.67. The number of rotatable bonds is 4. The van der Waals surface area contributed by atoms with Crippen molar-refractivity contribution >= 4 is 14.3 Å². The number of benzene rings is 1. The number of hydrogen-bond donors (Lipinski definition) is 0. The molecule has 0 spiro atoms. The van der Waals surface area contributed by atoms with Gasteiger partial charge in [0.1, 0.15) is 0 Å². The summed E-state index contributed by atoms with van der Waals surface area (Å²) in [7, 11) is -1.32. The summed E-state index contributed by atoms with van der Waals surface area (Å²) in [4.78, 5) is 4.62. The predicted molar refractivity (Wildman–Crippen MR) is 102 cm³/mol. The van der Waals surface area contributed by atoms with Crippen molar-refractivity contribution < 1.29 is 31.3 Å². The first-order chi connectivity index (χ1) is 12.5. The van der Waals surface area contributed by atoms with Crippen LogP contribution in [-0.4, -0.2) is 14.3 Å². The fourth-order valence-electron chi connectivity index (χ4n) is 2.30. The molecule has 0 aromatic heterocycles.